The fraction of sp³-hybridized carbons (Fsp3) is 0.579. The van der Waals surface area contributed by atoms with E-state index in [0.717, 1.165) is 32.4 Å². The molecular weight excluding hydrogens is 328 g/mol. The third-order valence-electron chi connectivity index (χ3n) is 4.80. The van der Waals surface area contributed by atoms with E-state index in [1.54, 1.807) is 4.68 Å². The third kappa shape index (κ3) is 5.91. The van der Waals surface area contributed by atoms with Gasteiger partial charge in [0.05, 0.1) is 6.42 Å². The van der Waals surface area contributed by atoms with E-state index < -0.39 is 0 Å². The van der Waals surface area contributed by atoms with Crippen molar-refractivity contribution in [1.29, 1.82) is 0 Å². The average molecular weight is 356 g/mol. The van der Waals surface area contributed by atoms with Crippen LogP contribution in [0.5, 0.6) is 0 Å². The first-order valence-corrected chi connectivity index (χ1v) is 9.59. The molecule has 3 rings (SSSR count). The lowest BCUT2D eigenvalue weighted by Crippen LogP contribution is -2.28. The molecule has 140 valence electrons. The Hall–Kier alpha value is -2.28. The summed E-state index contributed by atoms with van der Waals surface area (Å²) in [4.78, 5) is 14.6. The molecule has 26 heavy (non-hydrogen) atoms. The Labute approximate surface area is 154 Å². The van der Waals surface area contributed by atoms with E-state index in [1.165, 1.54) is 31.5 Å². The number of carbonyl (C=O) groups is 1. The number of hydrogen-bond acceptors (Lipinski definition) is 5. The number of likely N-dealkylation sites (tertiary alicyclic amines) is 1. The van der Waals surface area contributed by atoms with Crippen molar-refractivity contribution in [2.75, 3.05) is 26.2 Å². The maximum Gasteiger partial charge on any atom is 0.227 e. The Morgan fingerprint density at radius 3 is 2.69 bits per heavy atom. The monoisotopic (exact) mass is 356 g/mol. The smallest absolute Gasteiger partial charge is 0.227 e. The summed E-state index contributed by atoms with van der Waals surface area (Å²) in [6, 6.07) is 10.2. The summed E-state index contributed by atoms with van der Waals surface area (Å²) < 4.78 is 1.72. The molecule has 0 aliphatic carbocycles. The Morgan fingerprint density at radius 2 is 1.88 bits per heavy atom. The van der Waals surface area contributed by atoms with Crippen LogP contribution in [-0.2, 0) is 24.2 Å². The molecule has 1 saturated heterocycles. The fourth-order valence-electron chi connectivity index (χ4n) is 3.30. The molecule has 2 heterocycles. The number of hydrogen-bond donors (Lipinski definition) is 1. The van der Waals surface area contributed by atoms with Crippen molar-refractivity contribution in [3.63, 3.8) is 0 Å². The highest BCUT2D eigenvalue weighted by atomic mass is 16.1. The van der Waals surface area contributed by atoms with E-state index in [-0.39, 0.29) is 12.3 Å². The van der Waals surface area contributed by atoms with Gasteiger partial charge in [0.2, 0.25) is 5.91 Å². The molecule has 0 radical (unpaired) electrons. The van der Waals surface area contributed by atoms with E-state index in [4.69, 9.17) is 0 Å². The van der Waals surface area contributed by atoms with Crippen LogP contribution in [0.1, 0.15) is 37.1 Å². The van der Waals surface area contributed by atoms with E-state index in [1.807, 2.05) is 18.2 Å². The van der Waals surface area contributed by atoms with Crippen LogP contribution < -0.4 is 5.32 Å². The molecule has 0 atom stereocenters. The number of benzene rings is 1. The van der Waals surface area contributed by atoms with Crippen LogP contribution in [-0.4, -0.2) is 57.2 Å². The number of nitrogens with zero attached hydrogens (tertiary/aromatic N) is 5. The molecule has 7 nitrogen and oxygen atoms in total. The SMILES string of the molecule is O=C(Cc1nnnn1CCc1ccccc1)NCCCCN1CCCC1. The van der Waals surface area contributed by atoms with Gasteiger partial charge < -0.3 is 10.2 Å². The molecule has 0 saturated carbocycles. The van der Waals surface area contributed by atoms with Crippen molar-refractivity contribution >= 4 is 5.91 Å². The molecule has 0 bridgehead atoms. The number of aryl methyl sites for hydroxylation is 2. The average Bonchev–Trinajstić information content (AvgIpc) is 3.32. The second kappa shape index (κ2) is 10.0. The zero-order chi connectivity index (χ0) is 18.0. The molecule has 1 aliphatic rings. The molecule has 1 aliphatic heterocycles. The van der Waals surface area contributed by atoms with Crippen molar-refractivity contribution in [2.45, 2.75) is 45.1 Å². The second-order valence-corrected chi connectivity index (χ2v) is 6.84. The number of aromatic nitrogens is 4. The number of amides is 1. The molecular formula is C19H28N6O. The van der Waals surface area contributed by atoms with Gasteiger partial charge in [-0.2, -0.15) is 0 Å². The summed E-state index contributed by atoms with van der Waals surface area (Å²) in [5, 5.41) is 14.7. The highest BCUT2D eigenvalue weighted by Crippen LogP contribution is 2.08. The Balaban J connectivity index is 1.34. The van der Waals surface area contributed by atoms with Crippen molar-refractivity contribution < 1.29 is 4.79 Å². The number of nitrogens with one attached hydrogen (secondary N) is 1. The Morgan fingerprint density at radius 1 is 1.08 bits per heavy atom. The fourth-order valence-corrected chi connectivity index (χ4v) is 3.30. The first-order valence-electron chi connectivity index (χ1n) is 9.59. The van der Waals surface area contributed by atoms with Gasteiger partial charge >= 0.3 is 0 Å². The zero-order valence-corrected chi connectivity index (χ0v) is 15.3. The van der Waals surface area contributed by atoms with E-state index in [2.05, 4.69) is 37.9 Å². The van der Waals surface area contributed by atoms with Crippen molar-refractivity contribution in [1.82, 2.24) is 30.4 Å². The summed E-state index contributed by atoms with van der Waals surface area (Å²) in [6.45, 7) is 5.01. The second-order valence-electron chi connectivity index (χ2n) is 6.84. The first-order chi connectivity index (χ1) is 12.8. The largest absolute Gasteiger partial charge is 0.356 e. The molecule has 7 heteroatoms. The lowest BCUT2D eigenvalue weighted by Gasteiger charge is -2.14. The molecule has 2 aromatic rings. The van der Waals surface area contributed by atoms with Crippen molar-refractivity contribution in [3.05, 3.63) is 41.7 Å². The van der Waals surface area contributed by atoms with Gasteiger partial charge in [-0.25, -0.2) is 4.68 Å². The van der Waals surface area contributed by atoms with E-state index in [0.29, 0.717) is 12.4 Å². The van der Waals surface area contributed by atoms with Gasteiger partial charge in [0, 0.05) is 13.1 Å². The van der Waals surface area contributed by atoms with Gasteiger partial charge in [-0.15, -0.1) is 5.10 Å². The van der Waals surface area contributed by atoms with Crippen molar-refractivity contribution in [3.8, 4) is 0 Å². The van der Waals surface area contributed by atoms with E-state index in [9.17, 15) is 4.79 Å². The number of carbonyl (C=O) groups excluding carboxylic acids is 1. The molecule has 1 aromatic carbocycles. The Kier molecular flexibility index (Phi) is 7.13. The summed E-state index contributed by atoms with van der Waals surface area (Å²) in [6.07, 6.45) is 5.88. The van der Waals surface area contributed by atoms with Crippen LogP contribution in [0.15, 0.2) is 30.3 Å². The van der Waals surface area contributed by atoms with Crippen LogP contribution in [0.2, 0.25) is 0 Å². The summed E-state index contributed by atoms with van der Waals surface area (Å²) in [5.74, 6) is 0.609. The molecule has 1 fully saturated rings. The van der Waals surface area contributed by atoms with Gasteiger partial charge in [0.15, 0.2) is 5.82 Å². The van der Waals surface area contributed by atoms with Crippen molar-refractivity contribution in [2.24, 2.45) is 0 Å². The van der Waals surface area contributed by atoms with Gasteiger partial charge in [-0.05, 0) is 67.7 Å². The van der Waals surface area contributed by atoms with Gasteiger partial charge in [0.25, 0.3) is 0 Å². The Bertz CT molecular complexity index is 666. The van der Waals surface area contributed by atoms with Gasteiger partial charge in [0.1, 0.15) is 0 Å². The minimum atomic E-state index is -0.0121. The minimum Gasteiger partial charge on any atom is -0.356 e. The predicted octanol–water partition coefficient (Wildman–Crippen LogP) is 1.45. The number of unbranched alkanes of at least 4 members (excludes halogenated alkanes) is 1. The van der Waals surface area contributed by atoms with Crippen LogP contribution >= 0.6 is 0 Å². The normalized spacial score (nSPS) is 14.6. The van der Waals surface area contributed by atoms with Gasteiger partial charge in [-0.3, -0.25) is 4.79 Å². The lowest BCUT2D eigenvalue weighted by molar-refractivity contribution is -0.120. The number of tetrazole rings is 1. The maximum absolute atomic E-state index is 12.1. The van der Waals surface area contributed by atoms with Crippen LogP contribution in [0, 0.1) is 0 Å². The minimum absolute atomic E-state index is 0.0121. The van der Waals surface area contributed by atoms with Crippen LogP contribution in [0.25, 0.3) is 0 Å². The molecule has 0 spiro atoms. The molecule has 1 N–H and O–H groups in total. The summed E-state index contributed by atoms with van der Waals surface area (Å²) >= 11 is 0. The highest BCUT2D eigenvalue weighted by Gasteiger charge is 2.12. The van der Waals surface area contributed by atoms with Crippen LogP contribution in [0.3, 0.4) is 0 Å². The predicted molar refractivity (Wildman–Crippen MR) is 99.6 cm³/mol. The summed E-state index contributed by atoms with van der Waals surface area (Å²) in [5.41, 5.74) is 1.23. The third-order valence-corrected chi connectivity index (χ3v) is 4.80. The number of rotatable bonds is 10. The first kappa shape index (κ1) is 18.5. The van der Waals surface area contributed by atoms with Crippen LogP contribution in [0.4, 0.5) is 0 Å². The standard InChI is InChI=1S/C19H28N6O/c26-19(20-11-4-5-12-24-13-6-7-14-24)16-18-21-22-23-25(18)15-10-17-8-2-1-3-9-17/h1-3,8-9H,4-7,10-16H2,(H,20,26). The molecule has 1 aromatic heterocycles. The quantitative estimate of drug-likeness (QED) is 0.652. The molecule has 0 unspecified atom stereocenters. The highest BCUT2D eigenvalue weighted by molar-refractivity contribution is 5.77. The van der Waals surface area contributed by atoms with Gasteiger partial charge in [-0.1, -0.05) is 30.3 Å². The zero-order valence-electron chi connectivity index (χ0n) is 15.3. The topological polar surface area (TPSA) is 75.9 Å². The maximum atomic E-state index is 12.1. The molecule has 1 amide bonds. The summed E-state index contributed by atoms with van der Waals surface area (Å²) in [7, 11) is 0. The van der Waals surface area contributed by atoms with E-state index >= 15 is 0 Å². The lowest BCUT2D eigenvalue weighted by atomic mass is 10.1.